The Morgan fingerprint density at radius 1 is 1.08 bits per heavy atom. The first-order chi connectivity index (χ1) is 17.0. The Bertz CT molecular complexity index is 1520. The van der Waals surface area contributed by atoms with Crippen molar-refractivity contribution < 1.29 is 27.1 Å². The minimum Gasteiger partial charge on any atom is -0.379 e. The second-order valence-corrected chi connectivity index (χ2v) is 11.2. The monoisotopic (exact) mass is 588 g/mol. The van der Waals surface area contributed by atoms with Gasteiger partial charge in [-0.2, -0.15) is 8.42 Å². The van der Waals surface area contributed by atoms with Crippen LogP contribution in [0.25, 0.3) is 6.08 Å². The Morgan fingerprint density at radius 2 is 1.81 bits per heavy atom. The van der Waals surface area contributed by atoms with E-state index in [9.17, 15) is 28.1 Å². The number of nitrogens with zero attached hydrogens (tertiary/aromatic N) is 2. The maximum atomic E-state index is 12.8. The Labute approximate surface area is 219 Å². The standard InChI is InChI=1S/C24H17BrN2O7S2/c1-15-5-10-20(13-21(15)27(30)31)36(32,33)34-19-8-6-16(7-9-19)12-22-23(28)26(24(29)35-22)14-17-3-2-4-18(25)11-17/h2-13H,14H2,1H3/b22-12-. The highest BCUT2D eigenvalue weighted by atomic mass is 79.9. The van der Waals surface area contributed by atoms with Gasteiger partial charge in [-0.25, -0.2) is 0 Å². The number of hydrogen-bond acceptors (Lipinski definition) is 8. The molecule has 1 saturated heterocycles. The third-order valence-electron chi connectivity index (χ3n) is 5.15. The third kappa shape index (κ3) is 5.66. The zero-order valence-electron chi connectivity index (χ0n) is 18.6. The molecule has 0 atom stereocenters. The third-order valence-corrected chi connectivity index (χ3v) is 7.80. The van der Waals surface area contributed by atoms with E-state index in [1.54, 1.807) is 0 Å². The summed E-state index contributed by atoms with van der Waals surface area (Å²) in [4.78, 5) is 36.7. The number of imide groups is 1. The molecule has 9 nitrogen and oxygen atoms in total. The Kier molecular flexibility index (Phi) is 7.29. The highest BCUT2D eigenvalue weighted by molar-refractivity contribution is 9.10. The molecule has 0 unspecified atom stereocenters. The maximum absolute atomic E-state index is 12.8. The summed E-state index contributed by atoms with van der Waals surface area (Å²) in [5.41, 5.74) is 1.35. The molecule has 0 radical (unpaired) electrons. The van der Waals surface area contributed by atoms with Crippen LogP contribution in [0.15, 0.2) is 81.0 Å². The number of amides is 2. The van der Waals surface area contributed by atoms with Crippen molar-refractivity contribution in [2.75, 3.05) is 0 Å². The molecular weight excluding hydrogens is 572 g/mol. The molecule has 0 aromatic heterocycles. The van der Waals surface area contributed by atoms with Gasteiger partial charge in [0.25, 0.3) is 16.8 Å². The van der Waals surface area contributed by atoms with Crippen molar-refractivity contribution in [3.8, 4) is 5.75 Å². The predicted molar refractivity (Wildman–Crippen MR) is 138 cm³/mol. The fourth-order valence-corrected chi connectivity index (χ4v) is 5.58. The highest BCUT2D eigenvalue weighted by Crippen LogP contribution is 2.34. The van der Waals surface area contributed by atoms with Gasteiger partial charge in [0.2, 0.25) is 0 Å². The average molecular weight is 589 g/mol. The number of rotatable bonds is 7. The zero-order valence-corrected chi connectivity index (χ0v) is 21.8. The summed E-state index contributed by atoms with van der Waals surface area (Å²) in [6, 6.07) is 16.7. The molecule has 12 heteroatoms. The van der Waals surface area contributed by atoms with Gasteiger partial charge in [-0.3, -0.25) is 24.6 Å². The van der Waals surface area contributed by atoms with Gasteiger partial charge >= 0.3 is 10.1 Å². The number of carbonyl (C=O) groups excluding carboxylic acids is 2. The summed E-state index contributed by atoms with van der Waals surface area (Å²) in [5.74, 6) is -0.438. The highest BCUT2D eigenvalue weighted by Gasteiger charge is 2.35. The van der Waals surface area contributed by atoms with Crippen LogP contribution in [-0.2, 0) is 21.5 Å². The summed E-state index contributed by atoms with van der Waals surface area (Å²) in [5, 5.41) is 10.7. The molecule has 0 saturated carbocycles. The minimum atomic E-state index is -4.31. The number of nitro groups is 1. The second kappa shape index (κ2) is 10.2. The van der Waals surface area contributed by atoms with Crippen LogP contribution in [0, 0.1) is 17.0 Å². The molecule has 0 N–H and O–H groups in total. The van der Waals surface area contributed by atoms with Gasteiger partial charge in [-0.05, 0) is 66.2 Å². The van der Waals surface area contributed by atoms with Crippen molar-refractivity contribution in [2.45, 2.75) is 18.4 Å². The van der Waals surface area contributed by atoms with Crippen LogP contribution in [-0.4, -0.2) is 29.4 Å². The molecule has 0 spiro atoms. The van der Waals surface area contributed by atoms with E-state index in [0.29, 0.717) is 11.1 Å². The van der Waals surface area contributed by atoms with Crippen molar-refractivity contribution >= 4 is 60.7 Å². The van der Waals surface area contributed by atoms with Crippen LogP contribution in [0.4, 0.5) is 10.5 Å². The zero-order chi connectivity index (χ0) is 26.0. The molecule has 1 fully saturated rings. The lowest BCUT2D eigenvalue weighted by molar-refractivity contribution is -0.385. The van der Waals surface area contributed by atoms with Crippen LogP contribution in [0.3, 0.4) is 0 Å². The summed E-state index contributed by atoms with van der Waals surface area (Å²) in [6.45, 7) is 1.65. The normalized spacial score (nSPS) is 14.9. The van der Waals surface area contributed by atoms with E-state index < -0.39 is 20.9 Å². The van der Waals surface area contributed by atoms with Crippen molar-refractivity contribution in [1.29, 1.82) is 0 Å². The molecule has 36 heavy (non-hydrogen) atoms. The van der Waals surface area contributed by atoms with Crippen molar-refractivity contribution in [3.63, 3.8) is 0 Å². The van der Waals surface area contributed by atoms with E-state index in [4.69, 9.17) is 4.18 Å². The van der Waals surface area contributed by atoms with Crippen LogP contribution >= 0.6 is 27.7 Å². The SMILES string of the molecule is Cc1ccc(S(=O)(=O)Oc2ccc(/C=C3\SC(=O)N(Cc4cccc(Br)c4)C3=O)cc2)cc1[N+](=O)[O-]. The summed E-state index contributed by atoms with van der Waals surface area (Å²) in [6.07, 6.45) is 1.54. The van der Waals surface area contributed by atoms with Gasteiger partial charge in [0.15, 0.2) is 0 Å². The lowest BCUT2D eigenvalue weighted by Gasteiger charge is -2.12. The van der Waals surface area contributed by atoms with Gasteiger partial charge in [0.05, 0.1) is 16.4 Å². The van der Waals surface area contributed by atoms with E-state index >= 15 is 0 Å². The van der Waals surface area contributed by atoms with Gasteiger partial charge in [-0.15, -0.1) is 0 Å². The first-order valence-corrected chi connectivity index (χ1v) is 13.3. The number of hydrogen-bond donors (Lipinski definition) is 0. The second-order valence-electron chi connectivity index (χ2n) is 7.71. The number of thioether (sulfide) groups is 1. The molecule has 3 aromatic carbocycles. The number of aryl methyl sites for hydroxylation is 1. The van der Waals surface area contributed by atoms with Crippen LogP contribution < -0.4 is 4.18 Å². The van der Waals surface area contributed by atoms with Gasteiger partial charge < -0.3 is 4.18 Å². The molecule has 184 valence electrons. The van der Waals surface area contributed by atoms with E-state index in [0.717, 1.165) is 32.8 Å². The fraction of sp³-hybridized carbons (Fsp3) is 0.0833. The first-order valence-electron chi connectivity index (χ1n) is 10.3. The van der Waals surface area contributed by atoms with Gasteiger partial charge in [0, 0.05) is 16.1 Å². The number of nitro benzene ring substituents is 1. The largest absolute Gasteiger partial charge is 0.379 e. The predicted octanol–water partition coefficient (Wildman–Crippen LogP) is 5.67. The van der Waals surface area contributed by atoms with Crippen molar-refractivity contribution in [1.82, 2.24) is 4.90 Å². The molecule has 2 amide bonds. The molecule has 1 aliphatic heterocycles. The molecule has 0 aliphatic carbocycles. The van der Waals surface area contributed by atoms with Crippen molar-refractivity contribution in [2.24, 2.45) is 0 Å². The fourth-order valence-electron chi connectivity index (χ4n) is 3.34. The van der Waals surface area contributed by atoms with Crippen LogP contribution in [0.2, 0.25) is 0 Å². The molecular formula is C24H17BrN2O7S2. The van der Waals surface area contributed by atoms with Crippen LogP contribution in [0.1, 0.15) is 16.7 Å². The quantitative estimate of drug-likeness (QED) is 0.150. The van der Waals surface area contributed by atoms with Crippen LogP contribution in [0.5, 0.6) is 5.75 Å². The smallest absolute Gasteiger partial charge is 0.339 e. The Hall–Kier alpha value is -3.48. The number of benzene rings is 3. The van der Waals surface area contributed by atoms with E-state index in [1.165, 1.54) is 49.4 Å². The lowest BCUT2D eigenvalue weighted by atomic mass is 10.2. The molecule has 1 aliphatic rings. The molecule has 3 aromatic rings. The summed E-state index contributed by atoms with van der Waals surface area (Å²) < 4.78 is 31.1. The number of carbonyl (C=O) groups is 2. The average Bonchev–Trinajstić information content (AvgIpc) is 3.07. The summed E-state index contributed by atoms with van der Waals surface area (Å²) in [7, 11) is -4.31. The van der Waals surface area contributed by atoms with Gasteiger partial charge in [0.1, 0.15) is 10.6 Å². The van der Waals surface area contributed by atoms with Gasteiger partial charge in [-0.1, -0.05) is 46.3 Å². The lowest BCUT2D eigenvalue weighted by Crippen LogP contribution is -2.27. The Morgan fingerprint density at radius 3 is 2.47 bits per heavy atom. The van der Waals surface area contributed by atoms with E-state index in [1.807, 2.05) is 24.3 Å². The van der Waals surface area contributed by atoms with E-state index in [-0.39, 0.29) is 33.0 Å². The molecule has 4 rings (SSSR count). The molecule has 0 bridgehead atoms. The first kappa shape index (κ1) is 25.6. The molecule has 1 heterocycles. The summed E-state index contributed by atoms with van der Waals surface area (Å²) >= 11 is 4.19. The number of halogens is 1. The van der Waals surface area contributed by atoms with Crippen molar-refractivity contribution in [3.05, 3.63) is 103 Å². The Balaban J connectivity index is 1.48. The minimum absolute atomic E-state index is 0.0156. The van der Waals surface area contributed by atoms with E-state index in [2.05, 4.69) is 15.9 Å². The topological polar surface area (TPSA) is 124 Å². The maximum Gasteiger partial charge on any atom is 0.339 e.